The van der Waals surface area contributed by atoms with Crippen molar-refractivity contribution >= 4 is 37.5 Å². The molecule has 0 saturated carbocycles. The van der Waals surface area contributed by atoms with Crippen LogP contribution in [0.25, 0.3) is 0 Å². The molecule has 0 radical (unpaired) electrons. The average molecular weight is 710 g/mol. The van der Waals surface area contributed by atoms with Crippen molar-refractivity contribution in [3.05, 3.63) is 125 Å². The van der Waals surface area contributed by atoms with Crippen LogP contribution in [0.15, 0.2) is 103 Å². The van der Waals surface area contributed by atoms with Gasteiger partial charge in [-0.2, -0.15) is 0 Å². The van der Waals surface area contributed by atoms with E-state index in [9.17, 15) is 19.5 Å². The highest BCUT2D eigenvalue weighted by molar-refractivity contribution is 6.72. The number of amides is 3. The van der Waals surface area contributed by atoms with Crippen LogP contribution in [0.4, 0.5) is 15.5 Å². The number of halogens is 1. The lowest BCUT2D eigenvalue weighted by Crippen LogP contribution is -2.45. The summed E-state index contributed by atoms with van der Waals surface area (Å²) in [4.78, 5) is 44.6. The van der Waals surface area contributed by atoms with E-state index in [4.69, 9.17) is 9.47 Å². The fraction of sp³-hybridized carbons (Fsp3) is 0.325. The van der Waals surface area contributed by atoms with E-state index >= 15 is 4.11 Å². The maximum Gasteiger partial charge on any atom is 0.264 e. The Morgan fingerprint density at radius 2 is 1.65 bits per heavy atom. The molecule has 51 heavy (non-hydrogen) atoms. The number of fused-ring (bicyclic) bond motifs is 2. The summed E-state index contributed by atoms with van der Waals surface area (Å²) in [7, 11) is -1.99. The zero-order chi connectivity index (χ0) is 36.3. The van der Waals surface area contributed by atoms with E-state index in [0.29, 0.717) is 28.3 Å². The molecule has 4 aromatic rings. The summed E-state index contributed by atoms with van der Waals surface area (Å²) in [6.45, 7) is 5.44. The van der Waals surface area contributed by atoms with Crippen LogP contribution in [-0.4, -0.2) is 62.5 Å². The van der Waals surface area contributed by atoms with Gasteiger partial charge >= 0.3 is 0 Å². The quantitative estimate of drug-likeness (QED) is 0.126. The highest BCUT2D eigenvalue weighted by atomic mass is 28.4. The van der Waals surface area contributed by atoms with E-state index in [1.54, 1.807) is 78.5 Å². The van der Waals surface area contributed by atoms with E-state index in [2.05, 4.69) is 5.32 Å². The normalized spacial score (nSPS) is 21.1. The zero-order valence-corrected chi connectivity index (χ0v) is 30.3. The van der Waals surface area contributed by atoms with Crippen LogP contribution in [0, 0.1) is 5.92 Å². The topological polar surface area (TPSA) is 108 Å². The molecule has 9 nitrogen and oxygen atoms in total. The summed E-state index contributed by atoms with van der Waals surface area (Å²) in [5.74, 6) is -0.896. The van der Waals surface area contributed by atoms with Gasteiger partial charge in [-0.05, 0) is 66.7 Å². The predicted molar refractivity (Wildman–Crippen MR) is 197 cm³/mol. The molecule has 4 aromatic carbocycles. The number of hydrogen-bond donors (Lipinski definition) is 2. The van der Waals surface area contributed by atoms with Gasteiger partial charge in [0.05, 0.1) is 38.5 Å². The number of hydrogen-bond acceptors (Lipinski definition) is 6. The van der Waals surface area contributed by atoms with Gasteiger partial charge in [-0.15, -0.1) is 0 Å². The van der Waals surface area contributed by atoms with Crippen LogP contribution in [-0.2, 0) is 33.0 Å². The minimum absolute atomic E-state index is 0.115. The van der Waals surface area contributed by atoms with E-state index in [-0.39, 0.29) is 50.4 Å². The van der Waals surface area contributed by atoms with Gasteiger partial charge in [0.2, 0.25) is 14.3 Å². The third-order valence-corrected chi connectivity index (χ3v) is 12.5. The fourth-order valence-electron chi connectivity index (χ4n) is 7.70. The van der Waals surface area contributed by atoms with Crippen molar-refractivity contribution < 1.29 is 33.1 Å². The molecular weight excluding hydrogens is 666 g/mol. The van der Waals surface area contributed by atoms with Crippen molar-refractivity contribution in [3.63, 3.8) is 0 Å². The van der Waals surface area contributed by atoms with Gasteiger partial charge in [0.15, 0.2) is 5.60 Å². The van der Waals surface area contributed by atoms with Crippen molar-refractivity contribution in [3.8, 4) is 5.75 Å². The molecule has 4 atom stereocenters. The first-order chi connectivity index (χ1) is 24.5. The molecular formula is C40H44FN3O6Si. The molecule has 0 aromatic heterocycles. The van der Waals surface area contributed by atoms with E-state index < -0.39 is 31.6 Å². The number of methoxy groups -OCH3 is 1. The van der Waals surface area contributed by atoms with Crippen molar-refractivity contribution in [1.29, 1.82) is 0 Å². The number of nitrogens with zero attached hydrogens (tertiary/aromatic N) is 2. The number of carbonyl (C=O) groups excluding carboxylic acids is 3. The largest absolute Gasteiger partial charge is 0.497 e. The molecule has 6 rings (SSSR count). The van der Waals surface area contributed by atoms with Gasteiger partial charge in [-0.3, -0.25) is 14.4 Å². The van der Waals surface area contributed by atoms with Gasteiger partial charge in [0.1, 0.15) is 5.75 Å². The standard InChI is InChI=1S/C40H44FN3O6Si/c1-27-37(51(3,4)41)35(24-36(46)43(21-22-45)25-28-11-7-5-8-12-28)50-40(27)33-23-32(49-2)19-20-34(33)44(39(40)48)26-29-15-17-31(18-16-29)42-38(47)30-13-9-6-10-14-30/h5-20,23,27,35,37,45H,21-22,24-26H2,1-4H3,(H,42,47)/t27-,35+,37-,40+/m1/s1. The SMILES string of the molecule is COc1ccc2c(c1)[C@]1(O[C@@H](CC(=O)N(CCO)Cc3ccccc3)[C@H]([Si](C)(C)F)[C@H]1C)C(=O)N2Cc1ccc(NC(=O)c2ccccc2)cc1. The molecule has 2 heterocycles. The van der Waals surface area contributed by atoms with Gasteiger partial charge in [0.25, 0.3) is 11.8 Å². The molecule has 266 valence electrons. The summed E-state index contributed by atoms with van der Waals surface area (Å²) in [5.41, 5.74) is 1.87. The monoisotopic (exact) mass is 709 g/mol. The Hall–Kier alpha value is -4.84. The first-order valence-electron chi connectivity index (χ1n) is 17.2. The second kappa shape index (κ2) is 14.8. The van der Waals surface area contributed by atoms with Crippen LogP contribution in [0.2, 0.25) is 18.6 Å². The van der Waals surface area contributed by atoms with Crippen molar-refractivity contribution in [2.24, 2.45) is 5.92 Å². The maximum absolute atomic E-state index is 16.4. The first-order valence-corrected chi connectivity index (χ1v) is 20.2. The number of benzene rings is 4. The maximum atomic E-state index is 16.4. The molecule has 1 saturated heterocycles. The third-order valence-electron chi connectivity index (χ3n) is 10.1. The summed E-state index contributed by atoms with van der Waals surface area (Å²) in [5, 5.41) is 12.7. The van der Waals surface area contributed by atoms with E-state index in [0.717, 1.165) is 11.1 Å². The predicted octanol–water partition coefficient (Wildman–Crippen LogP) is 6.68. The first kappa shape index (κ1) is 36.0. The van der Waals surface area contributed by atoms with Crippen LogP contribution in [0.5, 0.6) is 5.75 Å². The molecule has 2 aliphatic heterocycles. The lowest BCUT2D eigenvalue weighted by Gasteiger charge is -2.31. The zero-order valence-electron chi connectivity index (χ0n) is 29.3. The van der Waals surface area contributed by atoms with Crippen molar-refractivity contribution in [2.75, 3.05) is 30.5 Å². The molecule has 2 aliphatic rings. The summed E-state index contributed by atoms with van der Waals surface area (Å²) >= 11 is 0. The second-order valence-electron chi connectivity index (χ2n) is 13.8. The summed E-state index contributed by atoms with van der Waals surface area (Å²) in [6.07, 6.45) is -1.00. The van der Waals surface area contributed by atoms with Crippen LogP contribution < -0.4 is 15.0 Å². The Morgan fingerprint density at radius 3 is 2.27 bits per heavy atom. The Kier molecular flexibility index (Phi) is 10.4. The highest BCUT2D eigenvalue weighted by Gasteiger charge is 2.67. The minimum Gasteiger partial charge on any atom is -0.497 e. The molecule has 1 fully saturated rings. The van der Waals surface area contributed by atoms with Crippen molar-refractivity contribution in [1.82, 2.24) is 4.90 Å². The average Bonchev–Trinajstić information content (AvgIpc) is 3.55. The van der Waals surface area contributed by atoms with Gasteiger partial charge in [-0.25, -0.2) is 0 Å². The smallest absolute Gasteiger partial charge is 0.264 e. The molecule has 0 bridgehead atoms. The number of aliphatic hydroxyl groups excluding tert-OH is 1. The molecule has 1 spiro atoms. The number of aliphatic hydroxyl groups is 1. The molecule has 11 heteroatoms. The second-order valence-corrected chi connectivity index (χ2v) is 17.6. The third kappa shape index (κ3) is 7.19. The Balaban J connectivity index is 1.29. The Bertz CT molecular complexity index is 1870. The van der Waals surface area contributed by atoms with Crippen LogP contribution in [0.1, 0.15) is 40.4 Å². The molecule has 0 aliphatic carbocycles. The summed E-state index contributed by atoms with van der Waals surface area (Å²) in [6, 6.07) is 31.1. The molecule has 3 amide bonds. The lowest BCUT2D eigenvalue weighted by atomic mass is 9.82. The number of anilines is 2. The number of ether oxygens (including phenoxy) is 2. The number of carbonyl (C=O) groups is 3. The number of nitrogens with one attached hydrogen (secondary N) is 1. The van der Waals surface area contributed by atoms with Gasteiger partial charge in [-0.1, -0.05) is 67.6 Å². The molecule has 2 N–H and O–H groups in total. The fourth-order valence-corrected chi connectivity index (χ4v) is 10.2. The van der Waals surface area contributed by atoms with E-state index in [1.165, 1.54) is 0 Å². The van der Waals surface area contributed by atoms with Crippen LogP contribution >= 0.6 is 0 Å². The van der Waals surface area contributed by atoms with Gasteiger partial charge in [0, 0.05) is 41.4 Å². The minimum atomic E-state index is -3.53. The Morgan fingerprint density at radius 1 is 0.980 bits per heavy atom. The van der Waals surface area contributed by atoms with Crippen molar-refractivity contribution in [2.45, 2.75) is 56.8 Å². The summed E-state index contributed by atoms with van der Waals surface area (Å²) < 4.78 is 28.8. The van der Waals surface area contributed by atoms with Gasteiger partial charge < -0.3 is 33.8 Å². The Labute approximate surface area is 299 Å². The highest BCUT2D eigenvalue weighted by Crippen LogP contribution is 2.60. The lowest BCUT2D eigenvalue weighted by molar-refractivity contribution is -0.150. The molecule has 0 unspecified atom stereocenters. The van der Waals surface area contributed by atoms with E-state index in [1.807, 2.05) is 61.5 Å². The van der Waals surface area contributed by atoms with Crippen LogP contribution in [0.3, 0.4) is 0 Å². The number of rotatable bonds is 12.